The van der Waals surface area contributed by atoms with Crippen molar-refractivity contribution in [2.24, 2.45) is 0 Å². The first-order valence-corrected chi connectivity index (χ1v) is 6.06. The van der Waals surface area contributed by atoms with Gasteiger partial charge in [0.05, 0.1) is 0 Å². The van der Waals surface area contributed by atoms with Crippen LogP contribution in [-0.2, 0) is 9.53 Å². The SMILES string of the molecule is C/C=C(\[Se]C)C(C)OC(C)=O. The van der Waals surface area contributed by atoms with Crippen LogP contribution in [0, 0.1) is 0 Å². The van der Waals surface area contributed by atoms with Gasteiger partial charge < -0.3 is 0 Å². The van der Waals surface area contributed by atoms with Gasteiger partial charge in [0.1, 0.15) is 0 Å². The summed E-state index contributed by atoms with van der Waals surface area (Å²) >= 11 is 0.434. The molecule has 0 heterocycles. The standard InChI is InChI=1S/C8H14O2Se/c1-5-8(11-4)6(2)10-7(3)9/h5-6H,1-4H3/b8-5-. The zero-order chi connectivity index (χ0) is 8.85. The number of carbonyl (C=O) groups is 1. The van der Waals surface area contributed by atoms with Gasteiger partial charge in [-0.05, 0) is 0 Å². The summed E-state index contributed by atoms with van der Waals surface area (Å²) in [6, 6.07) is 0. The van der Waals surface area contributed by atoms with Crippen molar-refractivity contribution < 1.29 is 9.53 Å². The van der Waals surface area contributed by atoms with Crippen molar-refractivity contribution >= 4 is 20.9 Å². The first-order valence-electron chi connectivity index (χ1n) is 3.49. The van der Waals surface area contributed by atoms with Gasteiger partial charge in [-0.15, -0.1) is 0 Å². The molecule has 2 nitrogen and oxygen atoms in total. The Morgan fingerprint density at radius 2 is 2.18 bits per heavy atom. The summed E-state index contributed by atoms with van der Waals surface area (Å²) in [5, 5.41) is 0. The van der Waals surface area contributed by atoms with Crippen LogP contribution in [0.25, 0.3) is 0 Å². The number of esters is 1. The number of hydrogen-bond acceptors (Lipinski definition) is 2. The molecule has 0 spiro atoms. The molecule has 0 aliphatic carbocycles. The molecule has 0 saturated heterocycles. The fraction of sp³-hybridized carbons (Fsp3) is 0.625. The maximum atomic E-state index is 10.5. The first-order chi connectivity index (χ1) is 5.11. The number of hydrogen-bond donors (Lipinski definition) is 0. The van der Waals surface area contributed by atoms with Crippen molar-refractivity contribution in [1.82, 2.24) is 0 Å². The predicted molar refractivity (Wildman–Crippen MR) is 46.6 cm³/mol. The van der Waals surface area contributed by atoms with E-state index in [2.05, 4.69) is 5.82 Å². The van der Waals surface area contributed by atoms with Crippen LogP contribution in [0.15, 0.2) is 10.5 Å². The molecule has 1 atom stereocenters. The number of allylic oxidation sites excluding steroid dienone is 1. The van der Waals surface area contributed by atoms with Crippen molar-refractivity contribution in [3.05, 3.63) is 10.5 Å². The van der Waals surface area contributed by atoms with E-state index in [9.17, 15) is 4.79 Å². The van der Waals surface area contributed by atoms with E-state index in [0.717, 1.165) is 0 Å². The molecule has 3 heteroatoms. The van der Waals surface area contributed by atoms with E-state index < -0.39 is 0 Å². The van der Waals surface area contributed by atoms with Crippen molar-refractivity contribution in [2.75, 3.05) is 0 Å². The summed E-state index contributed by atoms with van der Waals surface area (Å²) in [4.78, 5) is 10.5. The molecular formula is C8H14O2Se. The van der Waals surface area contributed by atoms with E-state index >= 15 is 0 Å². The van der Waals surface area contributed by atoms with Gasteiger partial charge in [0.15, 0.2) is 0 Å². The minimum absolute atomic E-state index is 0.0394. The van der Waals surface area contributed by atoms with E-state index in [1.807, 2.05) is 19.9 Å². The van der Waals surface area contributed by atoms with Crippen molar-refractivity contribution in [1.29, 1.82) is 0 Å². The van der Waals surface area contributed by atoms with Crippen molar-refractivity contribution in [2.45, 2.75) is 32.7 Å². The third kappa shape index (κ3) is 4.23. The molecule has 1 unspecified atom stereocenters. The Bertz CT molecular complexity index is 163. The van der Waals surface area contributed by atoms with Crippen LogP contribution >= 0.6 is 0 Å². The van der Waals surface area contributed by atoms with E-state index in [0.29, 0.717) is 15.0 Å². The second-order valence-corrected chi connectivity index (χ2v) is 3.99. The Morgan fingerprint density at radius 1 is 1.64 bits per heavy atom. The predicted octanol–water partition coefficient (Wildman–Crippen LogP) is 1.59. The van der Waals surface area contributed by atoms with Crippen LogP contribution in [0.1, 0.15) is 20.8 Å². The number of carbonyl (C=O) groups excluding carboxylic acids is 1. The summed E-state index contributed by atoms with van der Waals surface area (Å²) in [6.45, 7) is 5.31. The Morgan fingerprint density at radius 3 is 2.45 bits per heavy atom. The Hall–Kier alpha value is -0.271. The molecule has 0 bridgehead atoms. The summed E-state index contributed by atoms with van der Waals surface area (Å²) in [6.07, 6.45) is 1.98. The molecule has 11 heavy (non-hydrogen) atoms. The van der Waals surface area contributed by atoms with Crippen molar-refractivity contribution in [3.8, 4) is 0 Å². The number of ether oxygens (including phenoxy) is 1. The molecular weight excluding hydrogens is 207 g/mol. The zero-order valence-corrected chi connectivity index (χ0v) is 9.09. The quantitative estimate of drug-likeness (QED) is 0.534. The molecule has 0 saturated carbocycles. The Kier molecular flexibility index (Phi) is 5.26. The van der Waals surface area contributed by atoms with Crippen LogP contribution in [0.5, 0.6) is 0 Å². The van der Waals surface area contributed by atoms with Gasteiger partial charge in [-0.3, -0.25) is 0 Å². The fourth-order valence-electron chi connectivity index (χ4n) is 0.826. The van der Waals surface area contributed by atoms with Crippen LogP contribution in [0.4, 0.5) is 0 Å². The molecule has 0 aliphatic rings. The first kappa shape index (κ1) is 10.7. The van der Waals surface area contributed by atoms with E-state index in [-0.39, 0.29) is 12.1 Å². The summed E-state index contributed by atoms with van der Waals surface area (Å²) < 4.78 is 6.23. The normalized spacial score (nSPS) is 14.4. The molecule has 0 N–H and O–H groups in total. The zero-order valence-electron chi connectivity index (χ0n) is 7.38. The third-order valence-electron chi connectivity index (χ3n) is 1.26. The molecule has 0 fully saturated rings. The van der Waals surface area contributed by atoms with Gasteiger partial charge in [-0.25, -0.2) is 0 Å². The summed E-state index contributed by atoms with van der Waals surface area (Å²) in [5.41, 5.74) is 0. The molecule has 0 rings (SSSR count). The minimum atomic E-state index is -0.207. The molecule has 0 aromatic heterocycles. The van der Waals surface area contributed by atoms with Crippen LogP contribution in [0.3, 0.4) is 0 Å². The Labute approximate surface area is 74.2 Å². The molecule has 0 aromatic rings. The van der Waals surface area contributed by atoms with Crippen molar-refractivity contribution in [3.63, 3.8) is 0 Å². The average Bonchev–Trinajstić information content (AvgIpc) is 1.88. The van der Waals surface area contributed by atoms with Crippen LogP contribution in [-0.4, -0.2) is 27.0 Å². The Balaban J connectivity index is 4.00. The van der Waals surface area contributed by atoms with E-state index in [1.54, 1.807) is 0 Å². The third-order valence-corrected chi connectivity index (χ3v) is 3.44. The maximum absolute atomic E-state index is 10.5. The molecule has 0 aliphatic heterocycles. The van der Waals surface area contributed by atoms with Crippen LogP contribution in [0.2, 0.25) is 5.82 Å². The van der Waals surface area contributed by atoms with Gasteiger partial charge in [0, 0.05) is 0 Å². The average molecular weight is 221 g/mol. The van der Waals surface area contributed by atoms with Crippen LogP contribution < -0.4 is 0 Å². The molecule has 0 amide bonds. The van der Waals surface area contributed by atoms with Gasteiger partial charge in [-0.2, -0.15) is 0 Å². The number of rotatable bonds is 3. The van der Waals surface area contributed by atoms with E-state index in [4.69, 9.17) is 4.74 Å². The fourth-order valence-corrected chi connectivity index (χ4v) is 2.12. The van der Waals surface area contributed by atoms with Gasteiger partial charge in [-0.1, -0.05) is 0 Å². The monoisotopic (exact) mass is 222 g/mol. The van der Waals surface area contributed by atoms with Gasteiger partial charge >= 0.3 is 73.7 Å². The molecule has 0 aromatic carbocycles. The summed E-state index contributed by atoms with van der Waals surface area (Å²) in [7, 11) is 0. The topological polar surface area (TPSA) is 26.3 Å². The van der Waals surface area contributed by atoms with E-state index in [1.165, 1.54) is 11.4 Å². The second kappa shape index (κ2) is 5.39. The van der Waals surface area contributed by atoms with Gasteiger partial charge in [0.25, 0.3) is 0 Å². The summed E-state index contributed by atoms with van der Waals surface area (Å²) in [5.74, 6) is 1.91. The molecule has 0 radical (unpaired) electrons. The van der Waals surface area contributed by atoms with Gasteiger partial charge in [0.2, 0.25) is 0 Å². The molecule has 64 valence electrons. The second-order valence-electron chi connectivity index (χ2n) is 2.15.